The van der Waals surface area contributed by atoms with Crippen molar-refractivity contribution in [1.82, 2.24) is 20.4 Å². The van der Waals surface area contributed by atoms with E-state index in [9.17, 15) is 0 Å². The molecule has 0 radical (unpaired) electrons. The first-order valence-corrected chi connectivity index (χ1v) is 7.12. The van der Waals surface area contributed by atoms with Crippen LogP contribution in [0.5, 0.6) is 0 Å². The van der Waals surface area contributed by atoms with Crippen molar-refractivity contribution in [1.29, 1.82) is 0 Å². The molecule has 0 bridgehead atoms. The van der Waals surface area contributed by atoms with Gasteiger partial charge in [0, 0.05) is 42.8 Å². The molecule has 1 aromatic heterocycles. The first-order chi connectivity index (χ1) is 9.76. The highest BCUT2D eigenvalue weighted by Gasteiger charge is 2.16. The lowest BCUT2D eigenvalue weighted by molar-refractivity contribution is 0.115. The van der Waals surface area contributed by atoms with E-state index in [1.165, 1.54) is 0 Å². The third-order valence-electron chi connectivity index (χ3n) is 3.58. The minimum absolute atomic E-state index is 0.713. The monoisotopic (exact) mass is 291 g/mol. The summed E-state index contributed by atoms with van der Waals surface area (Å²) in [6, 6.07) is 7.80. The van der Waals surface area contributed by atoms with Crippen LogP contribution in [0.15, 0.2) is 30.5 Å². The molecule has 20 heavy (non-hydrogen) atoms. The Hall–Kier alpha value is -1.40. The zero-order chi connectivity index (χ0) is 13.9. The smallest absolute Gasteiger partial charge is 0.0738 e. The molecule has 106 valence electrons. The average molecular weight is 292 g/mol. The SMILES string of the molecule is CNN1CCN(Nc2ccnc3cc(Cl)ccc23)CC1. The second-order valence-electron chi connectivity index (χ2n) is 4.83. The van der Waals surface area contributed by atoms with Gasteiger partial charge in [0.1, 0.15) is 0 Å². The summed E-state index contributed by atoms with van der Waals surface area (Å²) in [5.41, 5.74) is 8.65. The van der Waals surface area contributed by atoms with Crippen LogP contribution in [0, 0.1) is 0 Å². The van der Waals surface area contributed by atoms with Crippen LogP contribution in [0.2, 0.25) is 5.02 Å². The van der Waals surface area contributed by atoms with Gasteiger partial charge < -0.3 is 5.43 Å². The molecule has 0 unspecified atom stereocenters. The third kappa shape index (κ3) is 2.86. The van der Waals surface area contributed by atoms with E-state index >= 15 is 0 Å². The Kier molecular flexibility index (Phi) is 4.03. The van der Waals surface area contributed by atoms with E-state index < -0.39 is 0 Å². The van der Waals surface area contributed by atoms with Gasteiger partial charge in [0.25, 0.3) is 0 Å². The Morgan fingerprint density at radius 3 is 2.60 bits per heavy atom. The average Bonchev–Trinajstić information content (AvgIpc) is 2.48. The molecule has 1 aromatic carbocycles. The van der Waals surface area contributed by atoms with Crippen molar-refractivity contribution < 1.29 is 0 Å². The maximum absolute atomic E-state index is 6.01. The lowest BCUT2D eigenvalue weighted by atomic mass is 10.2. The lowest BCUT2D eigenvalue weighted by Crippen LogP contribution is -2.52. The first-order valence-electron chi connectivity index (χ1n) is 6.74. The molecule has 5 nitrogen and oxygen atoms in total. The number of hydrogen-bond acceptors (Lipinski definition) is 5. The van der Waals surface area contributed by atoms with E-state index in [4.69, 9.17) is 11.6 Å². The van der Waals surface area contributed by atoms with Crippen molar-refractivity contribution in [2.45, 2.75) is 0 Å². The summed E-state index contributed by atoms with van der Waals surface area (Å²) < 4.78 is 0. The predicted octanol–water partition coefficient (Wildman–Crippen LogP) is 1.97. The largest absolute Gasteiger partial charge is 0.318 e. The molecule has 0 saturated carbocycles. The molecule has 6 heteroatoms. The molecule has 0 atom stereocenters. The van der Waals surface area contributed by atoms with Gasteiger partial charge in [-0.25, -0.2) is 10.0 Å². The quantitative estimate of drug-likeness (QED) is 0.905. The highest BCUT2D eigenvalue weighted by molar-refractivity contribution is 6.31. The fourth-order valence-electron chi connectivity index (χ4n) is 2.43. The molecule has 2 N–H and O–H groups in total. The number of nitrogens with one attached hydrogen (secondary N) is 2. The first kappa shape index (κ1) is 13.6. The van der Waals surface area contributed by atoms with E-state index in [-0.39, 0.29) is 0 Å². The third-order valence-corrected chi connectivity index (χ3v) is 3.81. The highest BCUT2D eigenvalue weighted by atomic mass is 35.5. The van der Waals surface area contributed by atoms with E-state index in [1.54, 1.807) is 0 Å². The molecule has 0 spiro atoms. The van der Waals surface area contributed by atoms with E-state index in [0.29, 0.717) is 5.02 Å². The second-order valence-corrected chi connectivity index (χ2v) is 5.27. The van der Waals surface area contributed by atoms with Crippen molar-refractivity contribution in [2.75, 3.05) is 38.7 Å². The minimum atomic E-state index is 0.713. The summed E-state index contributed by atoms with van der Waals surface area (Å²) in [5.74, 6) is 0. The van der Waals surface area contributed by atoms with Crippen molar-refractivity contribution >= 4 is 28.2 Å². The van der Waals surface area contributed by atoms with Gasteiger partial charge >= 0.3 is 0 Å². The number of halogens is 1. The molecule has 1 saturated heterocycles. The van der Waals surface area contributed by atoms with Gasteiger partial charge in [-0.05, 0) is 31.3 Å². The molecule has 0 aliphatic carbocycles. The van der Waals surface area contributed by atoms with Crippen molar-refractivity contribution in [2.24, 2.45) is 0 Å². The van der Waals surface area contributed by atoms with Crippen molar-refractivity contribution in [3.8, 4) is 0 Å². The van der Waals surface area contributed by atoms with Crippen LogP contribution in [-0.4, -0.2) is 48.2 Å². The lowest BCUT2D eigenvalue weighted by Gasteiger charge is -2.34. The number of benzene rings is 1. The van der Waals surface area contributed by atoms with Crippen LogP contribution in [0.4, 0.5) is 5.69 Å². The molecule has 2 aromatic rings. The Bertz CT molecular complexity index is 595. The van der Waals surface area contributed by atoms with Crippen LogP contribution in [0.3, 0.4) is 0 Å². The van der Waals surface area contributed by atoms with E-state index in [1.807, 2.05) is 37.5 Å². The van der Waals surface area contributed by atoms with Gasteiger partial charge in [-0.1, -0.05) is 11.6 Å². The fourth-order valence-corrected chi connectivity index (χ4v) is 2.60. The topological polar surface area (TPSA) is 43.4 Å². The fraction of sp³-hybridized carbons (Fsp3) is 0.357. The van der Waals surface area contributed by atoms with Gasteiger partial charge in [0.05, 0.1) is 11.2 Å². The maximum Gasteiger partial charge on any atom is 0.0738 e. The number of fused-ring (bicyclic) bond motifs is 1. The summed E-state index contributed by atoms with van der Waals surface area (Å²) in [6.07, 6.45) is 1.81. The molecule has 0 amide bonds. The molecular weight excluding hydrogens is 274 g/mol. The zero-order valence-electron chi connectivity index (χ0n) is 11.4. The van der Waals surface area contributed by atoms with Crippen LogP contribution in [0.1, 0.15) is 0 Å². The number of pyridine rings is 1. The Morgan fingerprint density at radius 2 is 1.85 bits per heavy atom. The van der Waals surface area contributed by atoms with Gasteiger partial charge in [-0.3, -0.25) is 10.4 Å². The van der Waals surface area contributed by atoms with Gasteiger partial charge in [0.15, 0.2) is 0 Å². The molecule has 2 heterocycles. The second kappa shape index (κ2) is 5.93. The Balaban J connectivity index is 1.78. The molecule has 1 aliphatic rings. The zero-order valence-corrected chi connectivity index (χ0v) is 12.2. The number of nitrogens with zero attached hydrogens (tertiary/aromatic N) is 3. The van der Waals surface area contributed by atoms with Crippen LogP contribution in [0.25, 0.3) is 10.9 Å². The number of hydrogen-bond donors (Lipinski definition) is 2. The van der Waals surface area contributed by atoms with Gasteiger partial charge in [0.2, 0.25) is 0 Å². The Labute approximate surface area is 123 Å². The minimum Gasteiger partial charge on any atom is -0.318 e. The van der Waals surface area contributed by atoms with Gasteiger partial charge in [-0.2, -0.15) is 0 Å². The molecule has 1 fully saturated rings. The Morgan fingerprint density at radius 1 is 1.10 bits per heavy atom. The highest BCUT2D eigenvalue weighted by Crippen LogP contribution is 2.24. The summed E-state index contributed by atoms with van der Waals surface area (Å²) in [4.78, 5) is 4.36. The maximum atomic E-state index is 6.01. The number of piperazine rings is 1. The molecule has 1 aliphatic heterocycles. The molecule has 3 rings (SSSR count). The summed E-state index contributed by atoms with van der Waals surface area (Å²) in [7, 11) is 1.96. The number of anilines is 1. The van der Waals surface area contributed by atoms with Crippen molar-refractivity contribution in [3.05, 3.63) is 35.5 Å². The number of hydrazine groups is 2. The summed E-state index contributed by atoms with van der Waals surface area (Å²) in [6.45, 7) is 3.94. The normalized spacial score (nSPS) is 17.5. The van der Waals surface area contributed by atoms with E-state index in [0.717, 1.165) is 42.8 Å². The van der Waals surface area contributed by atoms with Gasteiger partial charge in [-0.15, -0.1) is 0 Å². The molecular formula is C14H18ClN5. The summed E-state index contributed by atoms with van der Waals surface area (Å²) >= 11 is 6.01. The van der Waals surface area contributed by atoms with Crippen LogP contribution >= 0.6 is 11.6 Å². The number of aromatic nitrogens is 1. The van der Waals surface area contributed by atoms with Crippen molar-refractivity contribution in [3.63, 3.8) is 0 Å². The van der Waals surface area contributed by atoms with E-state index in [2.05, 4.69) is 25.9 Å². The summed E-state index contributed by atoms with van der Waals surface area (Å²) in [5, 5.41) is 6.25. The standard InChI is InChI=1S/C14H18ClN5/c1-16-19-6-8-20(9-7-19)18-13-4-5-17-14-10-11(15)2-3-12(13)14/h2-5,10,16H,6-9H2,1H3,(H,17,18). The van der Waals surface area contributed by atoms with Crippen LogP contribution in [-0.2, 0) is 0 Å². The van der Waals surface area contributed by atoms with Crippen LogP contribution < -0.4 is 10.9 Å². The number of rotatable bonds is 3. The predicted molar refractivity (Wildman–Crippen MR) is 82.6 cm³/mol.